The van der Waals surface area contributed by atoms with Crippen LogP contribution in [0.4, 0.5) is 5.69 Å². The molecule has 3 N–H and O–H groups in total. The van der Waals surface area contributed by atoms with Crippen LogP contribution in [0.15, 0.2) is 35.3 Å². The number of ether oxygens (including phenoxy) is 1. The molecular weight excluding hydrogens is 246 g/mol. The Hall–Kier alpha value is -2.50. The standard InChI is InChI=1S/C13H15N3O3/c1-2-19-13(18)12-10(6-7-14-12)15-8-9-4-3-5-11(17)16-9/h3-7,14-15H,2,8H2,1H3,(H,16,17). The average molecular weight is 261 g/mol. The quantitative estimate of drug-likeness (QED) is 0.712. The van der Waals surface area contributed by atoms with Gasteiger partial charge in [0.25, 0.3) is 0 Å². The highest BCUT2D eigenvalue weighted by atomic mass is 16.5. The molecule has 0 aliphatic carbocycles. The summed E-state index contributed by atoms with van der Waals surface area (Å²) in [5, 5.41) is 3.07. The summed E-state index contributed by atoms with van der Waals surface area (Å²) < 4.78 is 4.93. The summed E-state index contributed by atoms with van der Waals surface area (Å²) in [7, 11) is 0. The van der Waals surface area contributed by atoms with Crippen molar-refractivity contribution in [2.24, 2.45) is 0 Å². The van der Waals surface area contributed by atoms with Crippen molar-refractivity contribution >= 4 is 11.7 Å². The van der Waals surface area contributed by atoms with Gasteiger partial charge in [-0.3, -0.25) is 4.79 Å². The van der Waals surface area contributed by atoms with Crippen LogP contribution >= 0.6 is 0 Å². The second-order valence-electron chi connectivity index (χ2n) is 3.88. The fraction of sp³-hybridized carbons (Fsp3) is 0.231. The van der Waals surface area contributed by atoms with Crippen molar-refractivity contribution in [1.82, 2.24) is 9.97 Å². The summed E-state index contributed by atoms with van der Waals surface area (Å²) in [4.78, 5) is 28.3. The zero-order chi connectivity index (χ0) is 13.7. The number of rotatable bonds is 5. The molecule has 6 nitrogen and oxygen atoms in total. The molecule has 0 bridgehead atoms. The van der Waals surface area contributed by atoms with Crippen molar-refractivity contribution in [1.29, 1.82) is 0 Å². The lowest BCUT2D eigenvalue weighted by Crippen LogP contribution is -2.12. The summed E-state index contributed by atoms with van der Waals surface area (Å²) in [6.45, 7) is 2.49. The Kier molecular flexibility index (Phi) is 4.02. The van der Waals surface area contributed by atoms with Crippen LogP contribution in [0.2, 0.25) is 0 Å². The van der Waals surface area contributed by atoms with E-state index in [4.69, 9.17) is 4.74 Å². The van der Waals surface area contributed by atoms with Gasteiger partial charge in [0, 0.05) is 18.0 Å². The fourth-order valence-electron chi connectivity index (χ4n) is 1.68. The predicted molar refractivity (Wildman–Crippen MR) is 71.1 cm³/mol. The monoisotopic (exact) mass is 261 g/mol. The van der Waals surface area contributed by atoms with Crippen LogP contribution in [-0.4, -0.2) is 22.5 Å². The van der Waals surface area contributed by atoms with Gasteiger partial charge in [-0.2, -0.15) is 0 Å². The van der Waals surface area contributed by atoms with Crippen molar-refractivity contribution in [2.45, 2.75) is 13.5 Å². The number of esters is 1. The number of carbonyl (C=O) groups is 1. The molecule has 6 heteroatoms. The number of nitrogens with one attached hydrogen (secondary N) is 3. The van der Waals surface area contributed by atoms with E-state index in [2.05, 4.69) is 15.3 Å². The highest BCUT2D eigenvalue weighted by Gasteiger charge is 2.13. The zero-order valence-electron chi connectivity index (χ0n) is 10.5. The van der Waals surface area contributed by atoms with E-state index in [1.165, 1.54) is 6.07 Å². The van der Waals surface area contributed by atoms with Crippen molar-refractivity contribution in [3.8, 4) is 0 Å². The first-order chi connectivity index (χ1) is 9.20. The lowest BCUT2D eigenvalue weighted by Gasteiger charge is -2.07. The molecule has 0 atom stereocenters. The number of hydrogen-bond acceptors (Lipinski definition) is 4. The van der Waals surface area contributed by atoms with Gasteiger partial charge in [0.15, 0.2) is 0 Å². The third-order valence-corrected chi connectivity index (χ3v) is 2.52. The topological polar surface area (TPSA) is 87.0 Å². The van der Waals surface area contributed by atoms with Gasteiger partial charge in [-0.25, -0.2) is 4.79 Å². The molecule has 0 spiro atoms. The minimum atomic E-state index is -0.406. The first-order valence-corrected chi connectivity index (χ1v) is 5.97. The van der Waals surface area contributed by atoms with Crippen LogP contribution < -0.4 is 10.9 Å². The van der Waals surface area contributed by atoms with E-state index in [0.29, 0.717) is 24.5 Å². The van der Waals surface area contributed by atoms with Crippen molar-refractivity contribution < 1.29 is 9.53 Å². The van der Waals surface area contributed by atoms with Gasteiger partial charge in [0.05, 0.1) is 18.8 Å². The SMILES string of the molecule is CCOC(=O)c1[nH]ccc1NCc1cccc(=O)[nH]1. The fourth-order valence-corrected chi connectivity index (χ4v) is 1.68. The molecule has 0 saturated carbocycles. The van der Waals surface area contributed by atoms with Crippen molar-refractivity contribution in [3.05, 3.63) is 52.2 Å². The van der Waals surface area contributed by atoms with Crippen LogP contribution in [0.25, 0.3) is 0 Å². The van der Waals surface area contributed by atoms with Gasteiger partial charge in [-0.15, -0.1) is 0 Å². The van der Waals surface area contributed by atoms with Gasteiger partial charge in [0.1, 0.15) is 5.69 Å². The number of carbonyl (C=O) groups excluding carboxylic acids is 1. The molecule has 2 rings (SSSR count). The Morgan fingerprint density at radius 2 is 2.21 bits per heavy atom. The number of H-pyrrole nitrogens is 2. The minimum absolute atomic E-state index is 0.154. The summed E-state index contributed by atoms with van der Waals surface area (Å²) in [6, 6.07) is 6.67. The van der Waals surface area contributed by atoms with Crippen LogP contribution in [0.1, 0.15) is 23.1 Å². The van der Waals surface area contributed by atoms with E-state index in [0.717, 1.165) is 5.69 Å². The normalized spacial score (nSPS) is 10.2. The molecule has 0 amide bonds. The summed E-state index contributed by atoms with van der Waals surface area (Å²) in [6.07, 6.45) is 1.66. The van der Waals surface area contributed by atoms with Gasteiger partial charge in [-0.05, 0) is 19.1 Å². The van der Waals surface area contributed by atoms with Crippen molar-refractivity contribution in [2.75, 3.05) is 11.9 Å². The number of aromatic amines is 2. The second kappa shape index (κ2) is 5.90. The van der Waals surface area contributed by atoms with Gasteiger partial charge < -0.3 is 20.0 Å². The second-order valence-corrected chi connectivity index (χ2v) is 3.88. The van der Waals surface area contributed by atoms with Gasteiger partial charge >= 0.3 is 5.97 Å². The number of anilines is 1. The maximum Gasteiger partial charge on any atom is 0.356 e. The van der Waals surface area contributed by atoms with Crippen molar-refractivity contribution in [3.63, 3.8) is 0 Å². The Balaban J connectivity index is 2.06. The van der Waals surface area contributed by atoms with E-state index in [1.807, 2.05) is 0 Å². The molecule has 0 fully saturated rings. The molecule has 0 aromatic carbocycles. The maximum atomic E-state index is 11.6. The van der Waals surface area contributed by atoms with E-state index >= 15 is 0 Å². The molecule has 19 heavy (non-hydrogen) atoms. The first kappa shape index (κ1) is 12.9. The predicted octanol–water partition coefficient (Wildman–Crippen LogP) is 1.49. The molecule has 0 saturated heterocycles. The molecular formula is C13H15N3O3. The number of aromatic nitrogens is 2. The van der Waals surface area contributed by atoms with E-state index < -0.39 is 5.97 Å². The first-order valence-electron chi connectivity index (χ1n) is 5.97. The molecule has 0 aliphatic heterocycles. The summed E-state index contributed by atoms with van der Waals surface area (Å²) in [5.74, 6) is -0.406. The molecule has 0 radical (unpaired) electrons. The highest BCUT2D eigenvalue weighted by Crippen LogP contribution is 2.15. The average Bonchev–Trinajstić information content (AvgIpc) is 2.85. The molecule has 100 valence electrons. The number of pyridine rings is 1. The molecule has 0 unspecified atom stereocenters. The smallest absolute Gasteiger partial charge is 0.356 e. The Morgan fingerprint density at radius 1 is 1.37 bits per heavy atom. The van der Waals surface area contributed by atoms with Crippen LogP contribution in [0, 0.1) is 0 Å². The third kappa shape index (κ3) is 3.25. The lowest BCUT2D eigenvalue weighted by atomic mass is 10.3. The van der Waals surface area contributed by atoms with Crippen LogP contribution in [0.5, 0.6) is 0 Å². The molecule has 0 aliphatic rings. The largest absolute Gasteiger partial charge is 0.461 e. The molecule has 2 aromatic heterocycles. The lowest BCUT2D eigenvalue weighted by molar-refractivity contribution is 0.0521. The third-order valence-electron chi connectivity index (χ3n) is 2.52. The number of hydrogen-bond donors (Lipinski definition) is 3. The molecule has 2 heterocycles. The summed E-state index contributed by atoms with van der Waals surface area (Å²) in [5.41, 5.74) is 1.60. The van der Waals surface area contributed by atoms with Gasteiger partial charge in [0.2, 0.25) is 5.56 Å². The Labute approximate surface area is 109 Å². The van der Waals surface area contributed by atoms with Crippen LogP contribution in [0.3, 0.4) is 0 Å². The minimum Gasteiger partial charge on any atom is -0.461 e. The zero-order valence-corrected chi connectivity index (χ0v) is 10.5. The molecule has 2 aromatic rings. The Morgan fingerprint density at radius 3 is 2.95 bits per heavy atom. The Bertz CT molecular complexity index is 615. The van der Waals surface area contributed by atoms with E-state index in [-0.39, 0.29) is 5.56 Å². The summed E-state index contributed by atoms with van der Waals surface area (Å²) >= 11 is 0. The van der Waals surface area contributed by atoms with Gasteiger partial charge in [-0.1, -0.05) is 6.07 Å². The van der Waals surface area contributed by atoms with Crippen LogP contribution in [-0.2, 0) is 11.3 Å². The van der Waals surface area contributed by atoms with E-state index in [1.54, 1.807) is 31.3 Å². The highest BCUT2D eigenvalue weighted by molar-refractivity contribution is 5.93. The maximum absolute atomic E-state index is 11.6. The van der Waals surface area contributed by atoms with E-state index in [9.17, 15) is 9.59 Å².